The number of rotatable bonds is 12. The Morgan fingerprint density at radius 3 is 2.05 bits per heavy atom. The Morgan fingerprint density at radius 1 is 0.800 bits per heavy atom. The van der Waals surface area contributed by atoms with E-state index in [0.717, 1.165) is 5.92 Å². The normalized spacial score (nSPS) is 18.3. The van der Waals surface area contributed by atoms with Crippen molar-refractivity contribution in [3.05, 3.63) is 0 Å². The maximum atomic E-state index is 6.27. The second kappa shape index (κ2) is 12.7. The van der Waals surface area contributed by atoms with E-state index in [0.29, 0.717) is 6.04 Å². The molecule has 0 aliphatic heterocycles. The van der Waals surface area contributed by atoms with Crippen LogP contribution in [0, 0.1) is 5.92 Å². The quantitative estimate of drug-likeness (QED) is 0.423. The van der Waals surface area contributed by atoms with Crippen molar-refractivity contribution in [2.75, 3.05) is 0 Å². The van der Waals surface area contributed by atoms with Crippen LogP contribution in [0.15, 0.2) is 0 Å². The Bertz CT molecular complexity index is 196. The Hall–Kier alpha value is -0.0400. The Labute approximate surface area is 128 Å². The summed E-state index contributed by atoms with van der Waals surface area (Å²) >= 11 is 0. The first-order valence-electron chi connectivity index (χ1n) is 9.58. The Morgan fingerprint density at radius 2 is 1.40 bits per heavy atom. The van der Waals surface area contributed by atoms with E-state index in [1.165, 1.54) is 103 Å². The molecule has 1 unspecified atom stereocenters. The van der Waals surface area contributed by atoms with Crippen LogP contribution in [0.4, 0.5) is 0 Å². The fourth-order valence-electron chi connectivity index (χ4n) is 3.61. The minimum Gasteiger partial charge on any atom is -0.328 e. The lowest BCUT2D eigenvalue weighted by Gasteiger charge is -2.22. The van der Waals surface area contributed by atoms with Crippen molar-refractivity contribution in [3.8, 4) is 0 Å². The molecule has 0 heterocycles. The maximum absolute atomic E-state index is 6.27. The summed E-state index contributed by atoms with van der Waals surface area (Å²) in [4.78, 5) is 0. The van der Waals surface area contributed by atoms with E-state index in [1.807, 2.05) is 0 Å². The van der Waals surface area contributed by atoms with Gasteiger partial charge in [0.25, 0.3) is 0 Å². The molecule has 0 saturated heterocycles. The summed E-state index contributed by atoms with van der Waals surface area (Å²) < 4.78 is 0. The largest absolute Gasteiger partial charge is 0.328 e. The molecule has 0 radical (unpaired) electrons. The summed E-state index contributed by atoms with van der Waals surface area (Å²) in [6.07, 6.45) is 22.6. The second-order valence-electron chi connectivity index (χ2n) is 7.11. The van der Waals surface area contributed by atoms with Crippen LogP contribution in [0.1, 0.15) is 110 Å². The zero-order valence-corrected chi connectivity index (χ0v) is 14.0. The standard InChI is InChI=1S/C19H39N/c1-2-3-4-5-6-7-8-12-15-19(20)17-16-18-13-10-9-11-14-18/h18-19H,2-17,20H2,1H3. The van der Waals surface area contributed by atoms with E-state index < -0.39 is 0 Å². The molecule has 0 amide bonds. The molecule has 0 aromatic rings. The maximum Gasteiger partial charge on any atom is 0.00389 e. The highest BCUT2D eigenvalue weighted by atomic mass is 14.6. The van der Waals surface area contributed by atoms with Crippen LogP contribution < -0.4 is 5.73 Å². The van der Waals surface area contributed by atoms with Gasteiger partial charge in [-0.15, -0.1) is 0 Å². The van der Waals surface area contributed by atoms with E-state index in [-0.39, 0.29) is 0 Å². The van der Waals surface area contributed by atoms with Crippen molar-refractivity contribution in [2.45, 2.75) is 116 Å². The van der Waals surface area contributed by atoms with Gasteiger partial charge in [-0.2, -0.15) is 0 Å². The average Bonchev–Trinajstić information content (AvgIpc) is 2.49. The van der Waals surface area contributed by atoms with Crippen LogP contribution in [0.25, 0.3) is 0 Å². The molecule has 1 aliphatic carbocycles. The zero-order valence-electron chi connectivity index (χ0n) is 14.0. The first kappa shape index (κ1) is 18.0. The molecule has 0 aromatic heterocycles. The molecule has 0 aromatic carbocycles. The van der Waals surface area contributed by atoms with Crippen molar-refractivity contribution in [1.29, 1.82) is 0 Å². The molecular formula is C19H39N. The minimum atomic E-state index is 0.483. The lowest BCUT2D eigenvalue weighted by molar-refractivity contribution is 0.319. The predicted octanol–water partition coefficient (Wildman–Crippen LogP) is 6.21. The van der Waals surface area contributed by atoms with E-state index in [4.69, 9.17) is 5.73 Å². The van der Waals surface area contributed by atoms with Gasteiger partial charge in [-0.1, -0.05) is 90.4 Å². The first-order chi connectivity index (χ1) is 9.83. The summed E-state index contributed by atoms with van der Waals surface area (Å²) in [7, 11) is 0. The van der Waals surface area contributed by atoms with E-state index >= 15 is 0 Å². The average molecular weight is 282 g/mol. The third kappa shape index (κ3) is 9.80. The van der Waals surface area contributed by atoms with Gasteiger partial charge in [-0.3, -0.25) is 0 Å². The van der Waals surface area contributed by atoms with Gasteiger partial charge >= 0.3 is 0 Å². The number of unbranched alkanes of at least 4 members (excludes halogenated alkanes) is 7. The van der Waals surface area contributed by atoms with Crippen LogP contribution in [0.2, 0.25) is 0 Å². The molecular weight excluding hydrogens is 242 g/mol. The lowest BCUT2D eigenvalue weighted by Crippen LogP contribution is -2.21. The van der Waals surface area contributed by atoms with E-state index in [1.54, 1.807) is 0 Å². The third-order valence-electron chi connectivity index (χ3n) is 5.10. The van der Waals surface area contributed by atoms with Crippen molar-refractivity contribution in [2.24, 2.45) is 11.7 Å². The van der Waals surface area contributed by atoms with Crippen molar-refractivity contribution in [3.63, 3.8) is 0 Å². The summed E-state index contributed by atoms with van der Waals surface area (Å²) in [6.45, 7) is 2.29. The minimum absolute atomic E-state index is 0.483. The van der Waals surface area contributed by atoms with Gasteiger partial charge in [-0.25, -0.2) is 0 Å². The highest BCUT2D eigenvalue weighted by Gasteiger charge is 2.14. The molecule has 1 rings (SSSR count). The topological polar surface area (TPSA) is 26.0 Å². The number of nitrogens with two attached hydrogens (primary N) is 1. The Kier molecular flexibility index (Phi) is 11.4. The van der Waals surface area contributed by atoms with Crippen molar-refractivity contribution < 1.29 is 0 Å². The molecule has 20 heavy (non-hydrogen) atoms. The molecule has 1 atom stereocenters. The van der Waals surface area contributed by atoms with Crippen molar-refractivity contribution in [1.82, 2.24) is 0 Å². The summed E-state index contributed by atoms with van der Waals surface area (Å²) in [5.41, 5.74) is 6.27. The first-order valence-corrected chi connectivity index (χ1v) is 9.58. The highest BCUT2D eigenvalue weighted by Crippen LogP contribution is 2.28. The fraction of sp³-hybridized carbons (Fsp3) is 1.00. The summed E-state index contributed by atoms with van der Waals surface area (Å²) in [6, 6.07) is 0.483. The molecule has 1 fully saturated rings. The number of hydrogen-bond donors (Lipinski definition) is 1. The SMILES string of the molecule is CCCCCCCCCCC(N)CCC1CCCCC1. The third-order valence-corrected chi connectivity index (χ3v) is 5.10. The Balaban J connectivity index is 1.83. The molecule has 120 valence electrons. The number of hydrogen-bond acceptors (Lipinski definition) is 1. The summed E-state index contributed by atoms with van der Waals surface area (Å²) in [5, 5.41) is 0. The fourth-order valence-corrected chi connectivity index (χ4v) is 3.61. The van der Waals surface area contributed by atoms with Crippen molar-refractivity contribution >= 4 is 0 Å². The van der Waals surface area contributed by atoms with Gasteiger partial charge < -0.3 is 5.73 Å². The van der Waals surface area contributed by atoms with E-state index in [9.17, 15) is 0 Å². The molecule has 1 heteroatoms. The van der Waals surface area contributed by atoms with Gasteiger partial charge in [0.2, 0.25) is 0 Å². The predicted molar refractivity (Wildman–Crippen MR) is 91.0 cm³/mol. The van der Waals surface area contributed by atoms with Gasteiger partial charge in [0, 0.05) is 6.04 Å². The molecule has 0 spiro atoms. The molecule has 1 saturated carbocycles. The summed E-state index contributed by atoms with van der Waals surface area (Å²) in [5.74, 6) is 1.01. The molecule has 2 N–H and O–H groups in total. The van der Waals surface area contributed by atoms with Gasteiger partial charge in [0.05, 0.1) is 0 Å². The van der Waals surface area contributed by atoms with Crippen LogP contribution in [0.3, 0.4) is 0 Å². The monoisotopic (exact) mass is 281 g/mol. The molecule has 1 nitrogen and oxygen atoms in total. The van der Waals surface area contributed by atoms with Crippen LogP contribution in [-0.2, 0) is 0 Å². The van der Waals surface area contributed by atoms with Crippen LogP contribution in [0.5, 0.6) is 0 Å². The highest BCUT2D eigenvalue weighted by molar-refractivity contribution is 4.69. The zero-order chi connectivity index (χ0) is 14.5. The second-order valence-corrected chi connectivity index (χ2v) is 7.11. The van der Waals surface area contributed by atoms with Crippen LogP contribution >= 0.6 is 0 Å². The van der Waals surface area contributed by atoms with E-state index in [2.05, 4.69) is 6.92 Å². The van der Waals surface area contributed by atoms with Gasteiger partial charge in [-0.05, 0) is 25.2 Å². The smallest absolute Gasteiger partial charge is 0.00389 e. The van der Waals surface area contributed by atoms with Crippen LogP contribution in [-0.4, -0.2) is 6.04 Å². The molecule has 1 aliphatic rings. The van der Waals surface area contributed by atoms with Gasteiger partial charge in [0.1, 0.15) is 0 Å². The molecule has 0 bridgehead atoms. The lowest BCUT2D eigenvalue weighted by atomic mass is 9.85. The van der Waals surface area contributed by atoms with Gasteiger partial charge in [0.15, 0.2) is 0 Å².